The number of para-hydroxylation sites is 1. The van der Waals surface area contributed by atoms with Gasteiger partial charge in [-0.15, -0.1) is 0 Å². The van der Waals surface area contributed by atoms with E-state index in [2.05, 4.69) is 31.2 Å². The molecular weight excluding hydrogens is 284 g/mol. The van der Waals surface area contributed by atoms with Crippen molar-refractivity contribution in [3.8, 4) is 11.6 Å². The second-order valence-electron chi connectivity index (χ2n) is 3.23. The van der Waals surface area contributed by atoms with E-state index in [1.165, 1.54) is 0 Å². The molecule has 1 aromatic heterocycles. The summed E-state index contributed by atoms with van der Waals surface area (Å²) in [5, 5.41) is 2.89. The van der Waals surface area contributed by atoms with Gasteiger partial charge in [0.2, 0.25) is 11.8 Å². The molecule has 0 aliphatic carbocycles. The zero-order chi connectivity index (χ0) is 12.3. The van der Waals surface area contributed by atoms with E-state index >= 15 is 0 Å². The van der Waals surface area contributed by atoms with Gasteiger partial charge < -0.3 is 15.8 Å². The summed E-state index contributed by atoms with van der Waals surface area (Å²) >= 11 is 3.39. The van der Waals surface area contributed by atoms with E-state index in [1.54, 1.807) is 13.1 Å². The fourth-order valence-corrected chi connectivity index (χ4v) is 1.63. The van der Waals surface area contributed by atoms with Crippen LogP contribution in [0.1, 0.15) is 0 Å². The zero-order valence-electron chi connectivity index (χ0n) is 9.14. The van der Waals surface area contributed by atoms with Crippen molar-refractivity contribution in [3.63, 3.8) is 0 Å². The molecule has 1 heterocycles. The minimum Gasteiger partial charge on any atom is -0.438 e. The van der Waals surface area contributed by atoms with E-state index in [-0.39, 0.29) is 5.95 Å². The molecule has 0 fully saturated rings. The third-order valence-corrected chi connectivity index (χ3v) is 2.68. The van der Waals surface area contributed by atoms with E-state index in [9.17, 15) is 0 Å². The molecule has 0 spiro atoms. The summed E-state index contributed by atoms with van der Waals surface area (Å²) in [6.45, 7) is 0. The molecular formula is C11H11BrN4O. The Morgan fingerprint density at radius 3 is 2.76 bits per heavy atom. The van der Waals surface area contributed by atoms with Crippen molar-refractivity contribution in [2.45, 2.75) is 0 Å². The molecule has 3 N–H and O–H groups in total. The second-order valence-corrected chi connectivity index (χ2v) is 4.09. The van der Waals surface area contributed by atoms with Crippen LogP contribution in [0.4, 0.5) is 11.8 Å². The summed E-state index contributed by atoms with van der Waals surface area (Å²) in [4.78, 5) is 7.98. The SMILES string of the molecule is CNc1cc(Oc2ccccc2Br)nc(N)n1. The first-order valence-electron chi connectivity index (χ1n) is 4.94. The van der Waals surface area contributed by atoms with Gasteiger partial charge in [0.25, 0.3) is 0 Å². The Labute approximate surface area is 107 Å². The number of nitrogen functional groups attached to an aromatic ring is 1. The average Bonchev–Trinajstić information content (AvgIpc) is 2.31. The van der Waals surface area contributed by atoms with Gasteiger partial charge in [0.1, 0.15) is 11.6 Å². The van der Waals surface area contributed by atoms with Crippen molar-refractivity contribution in [3.05, 3.63) is 34.8 Å². The average molecular weight is 295 g/mol. The lowest BCUT2D eigenvalue weighted by Crippen LogP contribution is -2.01. The van der Waals surface area contributed by atoms with E-state index < -0.39 is 0 Å². The molecule has 0 aliphatic heterocycles. The smallest absolute Gasteiger partial charge is 0.226 e. The summed E-state index contributed by atoms with van der Waals surface area (Å²) < 4.78 is 6.46. The van der Waals surface area contributed by atoms with Crippen LogP contribution in [-0.4, -0.2) is 17.0 Å². The number of rotatable bonds is 3. The monoisotopic (exact) mass is 294 g/mol. The number of anilines is 2. The summed E-state index contributed by atoms with van der Waals surface area (Å²) in [6, 6.07) is 9.18. The molecule has 0 unspecified atom stereocenters. The Bertz CT molecular complexity index is 533. The van der Waals surface area contributed by atoms with Crippen LogP contribution in [0.15, 0.2) is 34.8 Å². The molecule has 0 saturated carbocycles. The minimum atomic E-state index is 0.166. The number of benzene rings is 1. The lowest BCUT2D eigenvalue weighted by atomic mass is 10.3. The van der Waals surface area contributed by atoms with Crippen molar-refractivity contribution >= 4 is 27.7 Å². The van der Waals surface area contributed by atoms with Crippen molar-refractivity contribution in [2.24, 2.45) is 0 Å². The topological polar surface area (TPSA) is 73.1 Å². The molecule has 0 atom stereocenters. The Balaban J connectivity index is 2.30. The molecule has 2 rings (SSSR count). The maximum atomic E-state index is 5.61. The maximum Gasteiger partial charge on any atom is 0.226 e. The van der Waals surface area contributed by atoms with E-state index in [0.29, 0.717) is 17.4 Å². The summed E-state index contributed by atoms with van der Waals surface area (Å²) in [6.07, 6.45) is 0. The predicted molar refractivity (Wildman–Crippen MR) is 70.2 cm³/mol. The van der Waals surface area contributed by atoms with Crippen LogP contribution >= 0.6 is 15.9 Å². The van der Waals surface area contributed by atoms with Gasteiger partial charge in [-0.2, -0.15) is 9.97 Å². The van der Waals surface area contributed by atoms with Crippen LogP contribution in [0.2, 0.25) is 0 Å². The van der Waals surface area contributed by atoms with E-state index in [4.69, 9.17) is 10.5 Å². The van der Waals surface area contributed by atoms with Gasteiger partial charge >= 0.3 is 0 Å². The number of hydrogen-bond donors (Lipinski definition) is 2. The van der Waals surface area contributed by atoms with Gasteiger partial charge in [0, 0.05) is 13.1 Å². The third kappa shape index (κ3) is 2.85. The Kier molecular flexibility index (Phi) is 3.43. The Hall–Kier alpha value is -1.82. The number of nitrogens with one attached hydrogen (secondary N) is 1. The molecule has 0 bridgehead atoms. The van der Waals surface area contributed by atoms with Gasteiger partial charge in [0.05, 0.1) is 4.47 Å². The number of hydrogen-bond acceptors (Lipinski definition) is 5. The van der Waals surface area contributed by atoms with E-state index in [1.807, 2.05) is 24.3 Å². The van der Waals surface area contributed by atoms with Crippen molar-refractivity contribution in [1.82, 2.24) is 9.97 Å². The number of aromatic nitrogens is 2. The minimum absolute atomic E-state index is 0.166. The van der Waals surface area contributed by atoms with E-state index in [0.717, 1.165) is 4.47 Å². The largest absolute Gasteiger partial charge is 0.438 e. The first-order valence-corrected chi connectivity index (χ1v) is 5.73. The standard InChI is InChI=1S/C11H11BrN4O/c1-14-9-6-10(16-11(13)15-9)17-8-5-3-2-4-7(8)12/h2-6H,1H3,(H3,13,14,15,16). The number of nitrogens with two attached hydrogens (primary N) is 1. The molecule has 5 nitrogen and oxygen atoms in total. The summed E-state index contributed by atoms with van der Waals surface area (Å²) in [7, 11) is 1.75. The Morgan fingerprint density at radius 1 is 1.29 bits per heavy atom. The zero-order valence-corrected chi connectivity index (χ0v) is 10.7. The second kappa shape index (κ2) is 5.01. The molecule has 0 saturated heterocycles. The van der Waals surface area contributed by atoms with Gasteiger partial charge in [0.15, 0.2) is 0 Å². The predicted octanol–water partition coefficient (Wildman–Crippen LogP) is 2.66. The number of nitrogens with zero attached hydrogens (tertiary/aromatic N) is 2. The summed E-state index contributed by atoms with van der Waals surface area (Å²) in [5.74, 6) is 1.85. The highest BCUT2D eigenvalue weighted by atomic mass is 79.9. The highest BCUT2D eigenvalue weighted by Crippen LogP contribution is 2.29. The molecule has 88 valence electrons. The molecule has 6 heteroatoms. The quantitative estimate of drug-likeness (QED) is 0.910. The van der Waals surface area contributed by atoms with Crippen LogP contribution < -0.4 is 15.8 Å². The maximum absolute atomic E-state index is 5.61. The summed E-state index contributed by atoms with van der Waals surface area (Å²) in [5.41, 5.74) is 5.57. The van der Waals surface area contributed by atoms with Gasteiger partial charge in [-0.05, 0) is 28.1 Å². The van der Waals surface area contributed by atoms with Crippen molar-refractivity contribution in [1.29, 1.82) is 0 Å². The van der Waals surface area contributed by atoms with Crippen LogP contribution in [0, 0.1) is 0 Å². The molecule has 17 heavy (non-hydrogen) atoms. The normalized spacial score (nSPS) is 10.0. The van der Waals surface area contributed by atoms with Crippen LogP contribution in [0.25, 0.3) is 0 Å². The lowest BCUT2D eigenvalue weighted by Gasteiger charge is -2.08. The van der Waals surface area contributed by atoms with Crippen LogP contribution in [0.5, 0.6) is 11.6 Å². The molecule has 0 aliphatic rings. The lowest BCUT2D eigenvalue weighted by molar-refractivity contribution is 0.460. The van der Waals surface area contributed by atoms with Crippen LogP contribution in [-0.2, 0) is 0 Å². The first kappa shape index (κ1) is 11.7. The van der Waals surface area contributed by atoms with Gasteiger partial charge in [-0.25, -0.2) is 0 Å². The van der Waals surface area contributed by atoms with Gasteiger partial charge in [-0.3, -0.25) is 0 Å². The van der Waals surface area contributed by atoms with Crippen molar-refractivity contribution < 1.29 is 4.74 Å². The molecule has 0 radical (unpaired) electrons. The fourth-order valence-electron chi connectivity index (χ4n) is 1.26. The molecule has 2 aromatic rings. The number of ether oxygens (including phenoxy) is 1. The molecule has 0 amide bonds. The van der Waals surface area contributed by atoms with Gasteiger partial charge in [-0.1, -0.05) is 12.1 Å². The Morgan fingerprint density at radius 2 is 2.06 bits per heavy atom. The molecule has 1 aromatic carbocycles. The van der Waals surface area contributed by atoms with Crippen molar-refractivity contribution in [2.75, 3.05) is 18.1 Å². The third-order valence-electron chi connectivity index (χ3n) is 2.03. The first-order chi connectivity index (χ1) is 8.19. The highest BCUT2D eigenvalue weighted by molar-refractivity contribution is 9.10. The fraction of sp³-hybridized carbons (Fsp3) is 0.0909. The highest BCUT2D eigenvalue weighted by Gasteiger charge is 2.05. The number of halogens is 1. The van der Waals surface area contributed by atoms with Crippen LogP contribution in [0.3, 0.4) is 0 Å².